The first kappa shape index (κ1) is 23.3. The van der Waals surface area contributed by atoms with E-state index in [1.54, 1.807) is 6.08 Å². The number of aryl methyl sites for hydroxylation is 1. The molecule has 0 saturated heterocycles. The van der Waals surface area contributed by atoms with E-state index >= 15 is 0 Å². The van der Waals surface area contributed by atoms with Crippen molar-refractivity contribution >= 4 is 11.9 Å². The van der Waals surface area contributed by atoms with Crippen LogP contribution >= 0.6 is 0 Å². The number of benzene rings is 2. The van der Waals surface area contributed by atoms with E-state index in [1.165, 1.54) is 16.7 Å². The Labute approximate surface area is 203 Å². The Morgan fingerprint density at radius 1 is 1.09 bits per heavy atom. The van der Waals surface area contributed by atoms with Gasteiger partial charge in [-0.3, -0.25) is 4.79 Å². The molecule has 0 aliphatic heterocycles. The summed E-state index contributed by atoms with van der Waals surface area (Å²) in [6.07, 6.45) is 7.72. The summed E-state index contributed by atoms with van der Waals surface area (Å²) in [6.45, 7) is 8.67. The molecule has 0 spiro atoms. The van der Waals surface area contributed by atoms with Crippen molar-refractivity contribution in [3.63, 3.8) is 0 Å². The van der Waals surface area contributed by atoms with Gasteiger partial charge in [-0.15, -0.1) is 0 Å². The first-order chi connectivity index (χ1) is 16.1. The Bertz CT molecular complexity index is 1110. The molecule has 5 rings (SSSR count). The molecule has 2 aromatic carbocycles. The third kappa shape index (κ3) is 4.23. The summed E-state index contributed by atoms with van der Waals surface area (Å²) in [5.74, 6) is 2.61. The van der Waals surface area contributed by atoms with Crippen molar-refractivity contribution in [1.82, 2.24) is 0 Å². The summed E-state index contributed by atoms with van der Waals surface area (Å²) in [5, 5.41) is 0. The second-order valence-electron chi connectivity index (χ2n) is 11.9. The minimum absolute atomic E-state index is 0.0645. The molecule has 2 nitrogen and oxygen atoms in total. The van der Waals surface area contributed by atoms with E-state index in [9.17, 15) is 9.18 Å². The van der Waals surface area contributed by atoms with Gasteiger partial charge in [-0.25, -0.2) is 4.39 Å². The number of rotatable bonds is 4. The highest BCUT2D eigenvalue weighted by Crippen LogP contribution is 2.59. The molecular weight excluding hydrogens is 423 g/mol. The van der Waals surface area contributed by atoms with E-state index in [1.807, 2.05) is 30.3 Å². The monoisotopic (exact) mass is 460 g/mol. The van der Waals surface area contributed by atoms with Crippen LogP contribution in [0, 0.1) is 17.3 Å². The second-order valence-corrected chi connectivity index (χ2v) is 11.9. The van der Waals surface area contributed by atoms with Gasteiger partial charge < -0.3 is 4.74 Å². The van der Waals surface area contributed by atoms with Gasteiger partial charge in [0.25, 0.3) is 0 Å². The molecule has 2 saturated carbocycles. The van der Waals surface area contributed by atoms with Crippen LogP contribution in [-0.4, -0.2) is 12.4 Å². The summed E-state index contributed by atoms with van der Waals surface area (Å²) < 4.78 is 20.4. The van der Waals surface area contributed by atoms with E-state index < -0.39 is 0 Å². The highest BCUT2D eigenvalue weighted by molar-refractivity contribution is 5.87. The predicted octanol–water partition coefficient (Wildman–Crippen LogP) is 7.80. The molecule has 34 heavy (non-hydrogen) atoms. The molecule has 180 valence electrons. The zero-order valence-electron chi connectivity index (χ0n) is 21.0. The molecule has 2 fully saturated rings. The van der Waals surface area contributed by atoms with Crippen molar-refractivity contribution in [2.45, 2.75) is 77.6 Å². The van der Waals surface area contributed by atoms with E-state index in [0.29, 0.717) is 29.3 Å². The van der Waals surface area contributed by atoms with Crippen molar-refractivity contribution in [2.24, 2.45) is 17.3 Å². The zero-order valence-corrected chi connectivity index (χ0v) is 21.0. The van der Waals surface area contributed by atoms with Crippen molar-refractivity contribution in [2.75, 3.05) is 6.61 Å². The van der Waals surface area contributed by atoms with Gasteiger partial charge in [0.05, 0.1) is 0 Å². The number of carbonyl (C=O) groups is 1. The molecule has 0 amide bonds. The Morgan fingerprint density at radius 2 is 1.85 bits per heavy atom. The van der Waals surface area contributed by atoms with Gasteiger partial charge in [-0.2, -0.15) is 0 Å². The van der Waals surface area contributed by atoms with Gasteiger partial charge in [-0.05, 0) is 95.7 Å². The molecule has 4 atom stereocenters. The molecule has 0 radical (unpaired) electrons. The number of carbonyl (C=O) groups excluding carboxylic acids is 1. The summed E-state index contributed by atoms with van der Waals surface area (Å²) in [6, 6.07) is 14.3. The quantitative estimate of drug-likeness (QED) is 0.465. The van der Waals surface area contributed by atoms with Gasteiger partial charge in [0.15, 0.2) is 0 Å². The standard InChI is InChI=1S/C31H37FO2/c1-30(2,3)22-7-9-24(10-8-22)34-19-23(32)18-20-5-11-25-21(17-20)6-12-27-26(25)15-16-31(4)28(27)13-14-29(31)33/h5,7-11,17-18,26-28H,6,12-16,19H2,1-4H3/b23-18-/t26-,27-,28+,31+/m1/s1. The van der Waals surface area contributed by atoms with Crippen LogP contribution in [0.3, 0.4) is 0 Å². The van der Waals surface area contributed by atoms with Gasteiger partial charge in [0.1, 0.15) is 24.0 Å². The number of fused-ring (bicyclic) bond motifs is 5. The van der Waals surface area contributed by atoms with E-state index in [0.717, 1.165) is 44.1 Å². The summed E-state index contributed by atoms with van der Waals surface area (Å²) in [7, 11) is 0. The topological polar surface area (TPSA) is 26.3 Å². The lowest BCUT2D eigenvalue weighted by atomic mass is 9.55. The van der Waals surface area contributed by atoms with Crippen molar-refractivity contribution in [1.29, 1.82) is 0 Å². The molecule has 3 heteroatoms. The number of ketones is 1. The number of halogens is 1. The maximum atomic E-state index is 14.7. The first-order valence-electron chi connectivity index (χ1n) is 12.9. The third-order valence-corrected chi connectivity index (χ3v) is 8.88. The number of Topliss-reactive ketones (excluding diaryl/α,β-unsaturated/α-hetero) is 1. The Balaban J connectivity index is 1.26. The van der Waals surface area contributed by atoms with Crippen LogP contribution in [0.2, 0.25) is 0 Å². The van der Waals surface area contributed by atoms with E-state index in [2.05, 4.69) is 39.8 Å². The van der Waals surface area contributed by atoms with Gasteiger partial charge in [-0.1, -0.05) is 58.0 Å². The van der Waals surface area contributed by atoms with Crippen LogP contribution in [0.4, 0.5) is 4.39 Å². The second kappa shape index (κ2) is 8.66. The van der Waals surface area contributed by atoms with Gasteiger partial charge in [0.2, 0.25) is 0 Å². The molecule has 2 aromatic rings. The Morgan fingerprint density at radius 3 is 2.59 bits per heavy atom. The molecule has 0 unspecified atom stereocenters. The van der Waals surface area contributed by atoms with Gasteiger partial charge >= 0.3 is 0 Å². The Hall–Kier alpha value is -2.42. The molecule has 3 aliphatic carbocycles. The fourth-order valence-electron chi connectivity index (χ4n) is 6.89. The molecule has 0 bridgehead atoms. The average Bonchev–Trinajstić information content (AvgIpc) is 3.11. The Kier molecular flexibility index (Phi) is 5.94. The lowest BCUT2D eigenvalue weighted by Gasteiger charge is -2.48. The average molecular weight is 461 g/mol. The number of hydrogen-bond donors (Lipinski definition) is 0. The van der Waals surface area contributed by atoms with Crippen LogP contribution in [0.15, 0.2) is 48.3 Å². The third-order valence-electron chi connectivity index (χ3n) is 8.88. The highest BCUT2D eigenvalue weighted by atomic mass is 19.1. The number of ether oxygens (including phenoxy) is 1. The lowest BCUT2D eigenvalue weighted by molar-refractivity contribution is -0.129. The molecule has 0 N–H and O–H groups in total. The number of hydrogen-bond acceptors (Lipinski definition) is 2. The SMILES string of the molecule is CC(C)(C)c1ccc(OC/C(F)=C/c2ccc3c(c2)CC[C@@H]2[C@@H]3CC[C@]3(C)C(=O)CC[C@@H]23)cc1. The van der Waals surface area contributed by atoms with Crippen molar-refractivity contribution in [3.05, 3.63) is 70.5 Å². The predicted molar refractivity (Wildman–Crippen MR) is 136 cm³/mol. The fraction of sp³-hybridized carbons (Fsp3) is 0.516. The molecule has 3 aliphatic rings. The van der Waals surface area contributed by atoms with Crippen LogP contribution in [0.1, 0.15) is 88.0 Å². The van der Waals surface area contributed by atoms with Gasteiger partial charge in [0, 0.05) is 11.8 Å². The highest BCUT2D eigenvalue weighted by Gasteiger charge is 2.54. The van der Waals surface area contributed by atoms with Crippen molar-refractivity contribution < 1.29 is 13.9 Å². The van der Waals surface area contributed by atoms with E-state index in [-0.39, 0.29) is 23.3 Å². The minimum atomic E-state index is -0.272. The summed E-state index contributed by atoms with van der Waals surface area (Å²) in [5.41, 5.74) is 4.92. The fourth-order valence-corrected chi connectivity index (χ4v) is 6.89. The largest absolute Gasteiger partial charge is 0.487 e. The minimum Gasteiger partial charge on any atom is -0.487 e. The van der Waals surface area contributed by atoms with Crippen LogP contribution < -0.4 is 4.74 Å². The van der Waals surface area contributed by atoms with Crippen molar-refractivity contribution in [3.8, 4) is 5.75 Å². The normalized spacial score (nSPS) is 28.8. The van der Waals surface area contributed by atoms with E-state index in [4.69, 9.17) is 4.74 Å². The van der Waals surface area contributed by atoms with Crippen LogP contribution in [0.5, 0.6) is 5.75 Å². The smallest absolute Gasteiger partial charge is 0.140 e. The zero-order chi connectivity index (χ0) is 24.1. The summed E-state index contributed by atoms with van der Waals surface area (Å²) in [4.78, 5) is 12.5. The first-order valence-corrected chi connectivity index (χ1v) is 12.9. The molecule has 0 heterocycles. The molecule has 0 aromatic heterocycles. The lowest BCUT2D eigenvalue weighted by Crippen LogP contribution is -2.42. The maximum absolute atomic E-state index is 14.7. The van der Waals surface area contributed by atoms with Crippen LogP contribution in [-0.2, 0) is 16.6 Å². The maximum Gasteiger partial charge on any atom is 0.140 e. The summed E-state index contributed by atoms with van der Waals surface area (Å²) >= 11 is 0. The van der Waals surface area contributed by atoms with Crippen LogP contribution in [0.25, 0.3) is 6.08 Å². The molecular formula is C31H37FO2.